The van der Waals surface area contributed by atoms with Crippen molar-refractivity contribution in [1.29, 1.82) is 0 Å². The molecule has 0 radical (unpaired) electrons. The van der Waals surface area contributed by atoms with Gasteiger partial charge in [-0.25, -0.2) is 0 Å². The summed E-state index contributed by atoms with van der Waals surface area (Å²) in [6.45, 7) is 0. The molecule has 1 aromatic heterocycles. The zero-order valence-corrected chi connectivity index (χ0v) is 13.1. The maximum atomic E-state index is 12.0. The summed E-state index contributed by atoms with van der Waals surface area (Å²) in [4.78, 5) is 12.0. The quantitative estimate of drug-likeness (QED) is 0.484. The molecule has 0 aliphatic heterocycles. The smallest absolute Gasteiger partial charge is 0.315 e. The van der Waals surface area contributed by atoms with E-state index < -0.39 is 0 Å². The number of carbonyl (C=O) groups excluding carboxylic acids is 1. The average Bonchev–Trinajstić information content (AvgIpc) is 2.84. The topological polar surface area (TPSA) is 39.4 Å². The van der Waals surface area contributed by atoms with Crippen LogP contribution in [0.15, 0.2) is 57.6 Å². The van der Waals surface area contributed by atoms with Crippen LogP contribution < -0.4 is 4.74 Å². The molecule has 0 unspecified atom stereocenters. The lowest BCUT2D eigenvalue weighted by atomic mass is 10.1. The minimum atomic E-state index is -0.347. The van der Waals surface area contributed by atoms with Crippen molar-refractivity contribution in [2.24, 2.45) is 0 Å². The van der Waals surface area contributed by atoms with Crippen LogP contribution in [-0.2, 0) is 11.2 Å². The van der Waals surface area contributed by atoms with Gasteiger partial charge in [0.05, 0.1) is 12.7 Å². The molecule has 5 heteroatoms. The molecule has 0 saturated heterocycles. The highest BCUT2D eigenvalue weighted by Crippen LogP contribution is 2.25. The maximum absolute atomic E-state index is 12.0. The number of fused-ring (bicyclic) bond motifs is 1. The van der Waals surface area contributed by atoms with E-state index in [1.807, 2.05) is 12.1 Å². The molecule has 3 rings (SSSR count). The minimum Gasteiger partial charge on any atom is -0.464 e. The van der Waals surface area contributed by atoms with Gasteiger partial charge in [-0.3, -0.25) is 4.79 Å². The van der Waals surface area contributed by atoms with Gasteiger partial charge in [0.2, 0.25) is 0 Å². The van der Waals surface area contributed by atoms with Crippen LogP contribution in [0.2, 0.25) is 5.02 Å². The summed E-state index contributed by atoms with van der Waals surface area (Å²) >= 11 is 9.30. The second-order valence-corrected chi connectivity index (χ2v) is 5.86. The highest BCUT2D eigenvalue weighted by Gasteiger charge is 2.12. The van der Waals surface area contributed by atoms with Crippen molar-refractivity contribution in [3.05, 3.63) is 63.8 Å². The number of esters is 1. The van der Waals surface area contributed by atoms with Gasteiger partial charge in [0.25, 0.3) is 0 Å². The van der Waals surface area contributed by atoms with E-state index in [4.69, 9.17) is 20.8 Å². The van der Waals surface area contributed by atoms with E-state index in [9.17, 15) is 4.79 Å². The molecule has 0 atom stereocenters. The largest absolute Gasteiger partial charge is 0.464 e. The van der Waals surface area contributed by atoms with Crippen molar-refractivity contribution in [3.63, 3.8) is 0 Å². The van der Waals surface area contributed by atoms with Gasteiger partial charge < -0.3 is 9.15 Å². The average molecular weight is 366 g/mol. The lowest BCUT2D eigenvalue weighted by molar-refractivity contribution is -0.133. The van der Waals surface area contributed by atoms with E-state index in [2.05, 4.69) is 15.9 Å². The van der Waals surface area contributed by atoms with Gasteiger partial charge in [-0.15, -0.1) is 0 Å². The number of carbonyl (C=O) groups is 1. The van der Waals surface area contributed by atoms with Crippen LogP contribution in [-0.4, -0.2) is 5.97 Å². The molecule has 3 aromatic rings. The molecule has 106 valence electrons. The molecular weight excluding hydrogens is 356 g/mol. The fourth-order valence-electron chi connectivity index (χ4n) is 2.02. The molecule has 0 amide bonds. The van der Waals surface area contributed by atoms with Crippen molar-refractivity contribution in [1.82, 2.24) is 0 Å². The summed E-state index contributed by atoms with van der Waals surface area (Å²) in [5, 5.41) is 1.43. The molecule has 0 saturated carbocycles. The first-order valence-electron chi connectivity index (χ1n) is 6.24. The number of furan rings is 1. The van der Waals surface area contributed by atoms with Gasteiger partial charge in [-0.2, -0.15) is 0 Å². The number of ether oxygens (including phenoxy) is 1. The van der Waals surface area contributed by atoms with Crippen molar-refractivity contribution in [2.45, 2.75) is 6.42 Å². The normalized spacial score (nSPS) is 10.8. The summed E-state index contributed by atoms with van der Waals surface area (Å²) in [5.74, 6) is 0.161. The van der Waals surface area contributed by atoms with E-state index in [0.717, 1.165) is 15.4 Å². The third kappa shape index (κ3) is 3.28. The Morgan fingerprint density at radius 2 is 1.95 bits per heavy atom. The Morgan fingerprint density at radius 1 is 1.19 bits per heavy atom. The van der Waals surface area contributed by atoms with Gasteiger partial charge in [-0.1, -0.05) is 27.5 Å². The lowest BCUT2D eigenvalue weighted by Gasteiger charge is -2.03. The fourth-order valence-corrected chi connectivity index (χ4v) is 2.45. The first-order chi connectivity index (χ1) is 10.1. The molecule has 0 aliphatic rings. The summed E-state index contributed by atoms with van der Waals surface area (Å²) in [6, 6.07) is 12.4. The zero-order valence-electron chi connectivity index (χ0n) is 10.8. The van der Waals surface area contributed by atoms with E-state index in [-0.39, 0.29) is 12.4 Å². The number of hydrogen-bond donors (Lipinski definition) is 0. The summed E-state index contributed by atoms with van der Waals surface area (Å²) in [6.07, 6.45) is 1.69. The van der Waals surface area contributed by atoms with Crippen LogP contribution in [0, 0.1) is 0 Å². The molecule has 0 spiro atoms. The van der Waals surface area contributed by atoms with Crippen LogP contribution in [0.3, 0.4) is 0 Å². The van der Waals surface area contributed by atoms with Gasteiger partial charge in [0.1, 0.15) is 11.3 Å². The van der Waals surface area contributed by atoms with Gasteiger partial charge in [0.15, 0.2) is 0 Å². The number of hydrogen-bond acceptors (Lipinski definition) is 3. The summed E-state index contributed by atoms with van der Waals surface area (Å²) in [5.41, 5.74) is 1.46. The monoisotopic (exact) mass is 364 g/mol. The van der Waals surface area contributed by atoms with Crippen molar-refractivity contribution < 1.29 is 13.9 Å². The van der Waals surface area contributed by atoms with Crippen LogP contribution in [0.5, 0.6) is 5.75 Å². The van der Waals surface area contributed by atoms with Crippen molar-refractivity contribution in [2.75, 3.05) is 0 Å². The minimum absolute atomic E-state index is 0.128. The second-order valence-electron chi connectivity index (χ2n) is 4.51. The van der Waals surface area contributed by atoms with Crippen LogP contribution in [0.1, 0.15) is 5.56 Å². The van der Waals surface area contributed by atoms with Gasteiger partial charge in [0, 0.05) is 20.4 Å². The van der Waals surface area contributed by atoms with E-state index in [0.29, 0.717) is 16.4 Å². The van der Waals surface area contributed by atoms with Gasteiger partial charge >= 0.3 is 5.97 Å². The standard InChI is InChI=1S/C16H10BrClO3/c17-11-1-4-13(5-2-11)21-16(19)7-10-9-20-15-6-3-12(18)8-14(10)15/h1-6,8-9H,7H2. The molecule has 3 nitrogen and oxygen atoms in total. The van der Waals surface area contributed by atoms with Crippen LogP contribution in [0.25, 0.3) is 11.0 Å². The summed E-state index contributed by atoms with van der Waals surface area (Å²) in [7, 11) is 0. The molecule has 2 aromatic carbocycles. The Balaban J connectivity index is 1.77. The zero-order chi connectivity index (χ0) is 14.8. The van der Waals surface area contributed by atoms with Gasteiger partial charge in [-0.05, 0) is 42.5 Å². The lowest BCUT2D eigenvalue weighted by Crippen LogP contribution is -2.10. The van der Waals surface area contributed by atoms with E-state index in [1.165, 1.54) is 0 Å². The number of halogens is 2. The van der Waals surface area contributed by atoms with Crippen LogP contribution >= 0.6 is 27.5 Å². The highest BCUT2D eigenvalue weighted by molar-refractivity contribution is 9.10. The number of benzene rings is 2. The van der Waals surface area contributed by atoms with Crippen LogP contribution in [0.4, 0.5) is 0 Å². The van der Waals surface area contributed by atoms with E-state index >= 15 is 0 Å². The fraction of sp³-hybridized carbons (Fsp3) is 0.0625. The Bertz CT molecular complexity index is 793. The molecular formula is C16H10BrClO3. The second kappa shape index (κ2) is 5.92. The van der Waals surface area contributed by atoms with E-state index in [1.54, 1.807) is 36.6 Å². The predicted molar refractivity (Wildman–Crippen MR) is 84.7 cm³/mol. The Kier molecular flexibility index (Phi) is 3.99. The first-order valence-corrected chi connectivity index (χ1v) is 7.41. The molecule has 0 fully saturated rings. The molecule has 21 heavy (non-hydrogen) atoms. The molecule has 1 heterocycles. The maximum Gasteiger partial charge on any atom is 0.315 e. The Hall–Kier alpha value is -1.78. The molecule has 0 N–H and O–H groups in total. The summed E-state index contributed by atoms with van der Waals surface area (Å²) < 4.78 is 11.6. The first kappa shape index (κ1) is 14.2. The third-order valence-corrected chi connectivity index (χ3v) is 3.76. The Labute approximate surface area is 134 Å². The third-order valence-electron chi connectivity index (χ3n) is 3.00. The molecule has 0 bridgehead atoms. The Morgan fingerprint density at radius 3 is 2.71 bits per heavy atom. The predicted octanol–water partition coefficient (Wildman–Crippen LogP) is 5.00. The highest BCUT2D eigenvalue weighted by atomic mass is 79.9. The SMILES string of the molecule is O=C(Cc1coc2ccc(Cl)cc12)Oc1ccc(Br)cc1. The van der Waals surface area contributed by atoms with Crippen molar-refractivity contribution in [3.8, 4) is 5.75 Å². The number of rotatable bonds is 3. The molecule has 0 aliphatic carbocycles. The van der Waals surface area contributed by atoms with Crippen molar-refractivity contribution >= 4 is 44.5 Å².